The van der Waals surface area contributed by atoms with Gasteiger partial charge in [0.05, 0.1) is 29.2 Å². The standard InChI is InChI=1S/C37H46N4O4S/c1-6-38(7-2)26-15-17-28(18-16-26)40-22-12-20-37-31(34(44)41(32(37)35(40)45)29(24-42)23-25(3)4)30-33(43)39(27-13-9-8-10-14-27)21-11-19-36(30,5)46-37/h8-20,25,29-32,42H,6-7,21-24H2,1-5H3/t29-,30+,31+,32?,36-,37+/m1/s1. The van der Waals surface area contributed by atoms with Crippen LogP contribution in [0.3, 0.4) is 0 Å². The molecule has 2 aromatic rings. The number of amides is 3. The summed E-state index contributed by atoms with van der Waals surface area (Å²) in [7, 11) is 0. The normalized spacial score (nSPS) is 29.5. The fourth-order valence-electron chi connectivity index (χ4n) is 8.18. The number of nitrogens with zero attached hydrogens (tertiary/aromatic N) is 4. The molecule has 1 unspecified atom stereocenters. The van der Waals surface area contributed by atoms with Crippen molar-refractivity contribution in [2.75, 3.05) is 47.5 Å². The number of anilines is 3. The van der Waals surface area contributed by atoms with E-state index < -0.39 is 33.4 Å². The molecule has 46 heavy (non-hydrogen) atoms. The number of hydrogen-bond acceptors (Lipinski definition) is 6. The molecule has 6 rings (SSSR count). The number of carbonyl (C=O) groups excluding carboxylic acids is 3. The first-order chi connectivity index (χ1) is 22.1. The van der Waals surface area contributed by atoms with Crippen LogP contribution >= 0.6 is 11.8 Å². The Labute approximate surface area is 277 Å². The summed E-state index contributed by atoms with van der Waals surface area (Å²) < 4.78 is -1.68. The Morgan fingerprint density at radius 3 is 2.07 bits per heavy atom. The SMILES string of the molecule is CCN(CC)c1ccc(N2CC=C[C@]34S[C@]5(C)C=CCN(c6ccccc6)C(=O)[C@@H]5[C@H]3C(=O)N([C@@H](CO)CC(C)C)C4C2=O)cc1. The van der Waals surface area contributed by atoms with Gasteiger partial charge in [0.25, 0.3) is 5.91 Å². The highest BCUT2D eigenvalue weighted by Crippen LogP contribution is 2.66. The van der Waals surface area contributed by atoms with Crippen molar-refractivity contribution in [2.24, 2.45) is 17.8 Å². The highest BCUT2D eigenvalue weighted by Gasteiger charge is 2.74. The third-order valence-corrected chi connectivity index (χ3v) is 12.0. The Balaban J connectivity index is 1.46. The second-order valence-electron chi connectivity index (χ2n) is 13.4. The first kappa shape index (κ1) is 32.4. The predicted molar refractivity (Wildman–Crippen MR) is 186 cm³/mol. The van der Waals surface area contributed by atoms with Crippen molar-refractivity contribution in [3.8, 4) is 0 Å². The van der Waals surface area contributed by atoms with Crippen molar-refractivity contribution in [3.63, 3.8) is 0 Å². The molecule has 3 amide bonds. The minimum Gasteiger partial charge on any atom is -0.394 e. The van der Waals surface area contributed by atoms with Crippen LogP contribution in [0.25, 0.3) is 0 Å². The van der Waals surface area contributed by atoms with Crippen molar-refractivity contribution >= 4 is 46.5 Å². The topological polar surface area (TPSA) is 84.4 Å². The number of thioether (sulfide) groups is 1. The van der Waals surface area contributed by atoms with E-state index in [1.165, 1.54) is 0 Å². The van der Waals surface area contributed by atoms with Crippen LogP contribution in [0.1, 0.15) is 41.0 Å². The summed E-state index contributed by atoms with van der Waals surface area (Å²) in [5.41, 5.74) is 2.63. The lowest BCUT2D eigenvalue weighted by atomic mass is 9.74. The van der Waals surface area contributed by atoms with E-state index in [-0.39, 0.29) is 30.2 Å². The van der Waals surface area contributed by atoms with Gasteiger partial charge in [0.15, 0.2) is 0 Å². The van der Waals surface area contributed by atoms with E-state index in [1.807, 2.05) is 79.7 Å². The van der Waals surface area contributed by atoms with Gasteiger partial charge < -0.3 is 24.7 Å². The molecule has 0 radical (unpaired) electrons. The smallest absolute Gasteiger partial charge is 0.251 e. The van der Waals surface area contributed by atoms with Crippen molar-refractivity contribution in [1.82, 2.24) is 4.90 Å². The fourth-order valence-corrected chi connectivity index (χ4v) is 10.3. The zero-order valence-corrected chi connectivity index (χ0v) is 28.3. The maximum Gasteiger partial charge on any atom is 0.251 e. The van der Waals surface area contributed by atoms with Crippen LogP contribution in [0.2, 0.25) is 0 Å². The first-order valence-corrected chi connectivity index (χ1v) is 17.4. The van der Waals surface area contributed by atoms with Gasteiger partial charge in [0.2, 0.25) is 11.8 Å². The van der Waals surface area contributed by atoms with E-state index in [2.05, 4.69) is 38.7 Å². The van der Waals surface area contributed by atoms with Gasteiger partial charge in [-0.05, 0) is 69.5 Å². The van der Waals surface area contributed by atoms with Crippen LogP contribution < -0.4 is 14.7 Å². The molecule has 0 saturated carbocycles. The van der Waals surface area contributed by atoms with Crippen LogP contribution in [-0.4, -0.2) is 82.1 Å². The lowest BCUT2D eigenvalue weighted by molar-refractivity contribution is -0.142. The number of benzene rings is 2. The Bertz CT molecular complexity index is 1520. The maximum absolute atomic E-state index is 15.0. The van der Waals surface area contributed by atoms with Gasteiger partial charge in [0, 0.05) is 48.0 Å². The van der Waals surface area contributed by atoms with Crippen molar-refractivity contribution in [2.45, 2.75) is 62.6 Å². The second-order valence-corrected chi connectivity index (χ2v) is 15.2. The number of para-hydroxylation sites is 1. The molecular formula is C37H46N4O4S. The number of rotatable bonds is 9. The van der Waals surface area contributed by atoms with E-state index in [4.69, 9.17) is 0 Å². The van der Waals surface area contributed by atoms with Gasteiger partial charge in [0.1, 0.15) is 6.04 Å². The number of hydrogen-bond donors (Lipinski definition) is 1. The molecule has 2 aromatic carbocycles. The van der Waals surface area contributed by atoms with E-state index in [1.54, 1.807) is 26.5 Å². The number of carbonyl (C=O) groups is 3. The number of fused-ring (bicyclic) bond motifs is 2. The molecule has 6 atom stereocenters. The molecule has 9 heteroatoms. The quantitative estimate of drug-likeness (QED) is 0.382. The van der Waals surface area contributed by atoms with Crippen molar-refractivity contribution in [3.05, 3.63) is 78.9 Å². The second kappa shape index (κ2) is 12.6. The number of aliphatic hydroxyl groups is 1. The molecule has 2 saturated heterocycles. The van der Waals surface area contributed by atoms with Gasteiger partial charge in [-0.3, -0.25) is 14.4 Å². The third kappa shape index (κ3) is 5.16. The summed E-state index contributed by atoms with van der Waals surface area (Å²) in [4.78, 5) is 52.0. The maximum atomic E-state index is 15.0. The highest BCUT2D eigenvalue weighted by atomic mass is 32.2. The lowest BCUT2D eigenvalue weighted by Crippen LogP contribution is -2.57. The fraction of sp³-hybridized carbons (Fsp3) is 0.486. The molecule has 4 heterocycles. The largest absolute Gasteiger partial charge is 0.394 e. The van der Waals surface area contributed by atoms with E-state index in [9.17, 15) is 19.5 Å². The molecule has 244 valence electrons. The molecule has 4 aliphatic rings. The average molecular weight is 643 g/mol. The van der Waals surface area contributed by atoms with Crippen molar-refractivity contribution < 1.29 is 19.5 Å². The van der Waals surface area contributed by atoms with Crippen LogP contribution in [0.5, 0.6) is 0 Å². The molecule has 1 N–H and O–H groups in total. The van der Waals surface area contributed by atoms with Crippen LogP contribution in [-0.2, 0) is 14.4 Å². The van der Waals surface area contributed by atoms with Gasteiger partial charge in [-0.2, -0.15) is 0 Å². The summed E-state index contributed by atoms with van der Waals surface area (Å²) in [5.74, 6) is -1.77. The zero-order chi connectivity index (χ0) is 32.8. The Morgan fingerprint density at radius 1 is 0.848 bits per heavy atom. The highest BCUT2D eigenvalue weighted by molar-refractivity contribution is 8.02. The molecule has 0 aliphatic carbocycles. The molecule has 1 spiro atoms. The Morgan fingerprint density at radius 2 is 1.46 bits per heavy atom. The zero-order valence-electron chi connectivity index (χ0n) is 27.5. The summed E-state index contributed by atoms with van der Waals surface area (Å²) >= 11 is 1.57. The average Bonchev–Trinajstić information content (AvgIpc) is 3.32. The van der Waals surface area contributed by atoms with E-state index >= 15 is 0 Å². The van der Waals surface area contributed by atoms with Gasteiger partial charge in [-0.25, -0.2) is 0 Å². The first-order valence-electron chi connectivity index (χ1n) is 16.6. The Hall–Kier alpha value is -3.56. The van der Waals surface area contributed by atoms with Crippen LogP contribution in [0, 0.1) is 17.8 Å². The summed E-state index contributed by atoms with van der Waals surface area (Å²) in [5, 5.41) is 10.7. The molecule has 0 bridgehead atoms. The molecular weight excluding hydrogens is 596 g/mol. The number of likely N-dealkylation sites (tertiary alicyclic amines) is 1. The molecule has 0 aromatic heterocycles. The summed E-state index contributed by atoms with van der Waals surface area (Å²) in [6.45, 7) is 12.7. The van der Waals surface area contributed by atoms with Gasteiger partial charge in [-0.15, -0.1) is 11.8 Å². The monoisotopic (exact) mass is 642 g/mol. The molecule has 2 fully saturated rings. The van der Waals surface area contributed by atoms with E-state index in [0.717, 1.165) is 30.2 Å². The van der Waals surface area contributed by atoms with Crippen LogP contribution in [0.15, 0.2) is 78.9 Å². The van der Waals surface area contributed by atoms with E-state index in [0.29, 0.717) is 19.5 Å². The van der Waals surface area contributed by atoms with Gasteiger partial charge >= 0.3 is 0 Å². The summed E-state index contributed by atoms with van der Waals surface area (Å²) in [6.07, 6.45) is 8.70. The molecule has 4 aliphatic heterocycles. The minimum absolute atomic E-state index is 0.111. The third-order valence-electron chi connectivity index (χ3n) is 10.2. The number of aliphatic hydroxyl groups excluding tert-OH is 1. The summed E-state index contributed by atoms with van der Waals surface area (Å²) in [6, 6.07) is 16.2. The Kier molecular flexibility index (Phi) is 8.85. The minimum atomic E-state index is -0.979. The lowest BCUT2D eigenvalue weighted by Gasteiger charge is -2.40. The van der Waals surface area contributed by atoms with Crippen molar-refractivity contribution in [1.29, 1.82) is 0 Å². The predicted octanol–water partition coefficient (Wildman–Crippen LogP) is 5.13. The molecule has 8 nitrogen and oxygen atoms in total. The van der Waals surface area contributed by atoms with Gasteiger partial charge in [-0.1, -0.05) is 56.4 Å². The van der Waals surface area contributed by atoms with Crippen LogP contribution in [0.4, 0.5) is 17.1 Å².